The van der Waals surface area contributed by atoms with Gasteiger partial charge in [0.2, 0.25) is 0 Å². The normalized spacial score (nSPS) is 14.4. The average molecular weight is 377 g/mol. The average Bonchev–Trinajstić information content (AvgIpc) is 3.09. The molecule has 3 aromatic rings. The Balaban J connectivity index is 1.57. The molecule has 0 amide bonds. The maximum atomic E-state index is 6.03. The highest BCUT2D eigenvalue weighted by molar-refractivity contribution is 7.13. The van der Waals surface area contributed by atoms with Crippen molar-refractivity contribution in [1.29, 1.82) is 0 Å². The van der Waals surface area contributed by atoms with Gasteiger partial charge in [0.15, 0.2) is 0 Å². The number of nitrogens with zero attached hydrogens (tertiary/aromatic N) is 1. The number of aryl methyl sites for hydroxylation is 4. The summed E-state index contributed by atoms with van der Waals surface area (Å²) in [6.45, 7) is 4.20. The van der Waals surface area contributed by atoms with Crippen LogP contribution in [0.3, 0.4) is 0 Å². The van der Waals surface area contributed by atoms with Gasteiger partial charge in [-0.1, -0.05) is 31.0 Å². The first-order chi connectivity index (χ1) is 13.1. The SMILES string of the molecule is Cc1cc(Cc2csc(-c3ccc4c(c3)CCCCCC4)n2)c(C)cc1N. The molecule has 0 aliphatic heterocycles. The first kappa shape index (κ1) is 18.2. The highest BCUT2D eigenvalue weighted by atomic mass is 32.1. The highest BCUT2D eigenvalue weighted by Crippen LogP contribution is 2.30. The molecule has 1 aliphatic carbocycles. The Bertz CT molecular complexity index is 955. The zero-order valence-electron chi connectivity index (χ0n) is 16.3. The van der Waals surface area contributed by atoms with Crippen LogP contribution in [0.2, 0.25) is 0 Å². The van der Waals surface area contributed by atoms with Crippen LogP contribution >= 0.6 is 11.3 Å². The third-order valence-electron chi connectivity index (χ3n) is 5.74. The number of hydrogen-bond donors (Lipinski definition) is 1. The van der Waals surface area contributed by atoms with E-state index < -0.39 is 0 Å². The number of rotatable bonds is 3. The second-order valence-electron chi connectivity index (χ2n) is 7.85. The van der Waals surface area contributed by atoms with E-state index in [9.17, 15) is 0 Å². The summed E-state index contributed by atoms with van der Waals surface area (Å²) >= 11 is 1.76. The fourth-order valence-corrected chi connectivity index (χ4v) is 4.84. The second-order valence-corrected chi connectivity index (χ2v) is 8.71. The minimum atomic E-state index is 0.869. The first-order valence-corrected chi connectivity index (χ1v) is 10.9. The van der Waals surface area contributed by atoms with Crippen LogP contribution in [-0.2, 0) is 19.3 Å². The molecule has 1 aromatic heterocycles. The van der Waals surface area contributed by atoms with Gasteiger partial charge in [0, 0.05) is 23.1 Å². The summed E-state index contributed by atoms with van der Waals surface area (Å²) in [4.78, 5) is 4.95. The van der Waals surface area contributed by atoms with Gasteiger partial charge < -0.3 is 5.73 Å². The van der Waals surface area contributed by atoms with Gasteiger partial charge in [0.25, 0.3) is 0 Å². The first-order valence-electron chi connectivity index (χ1n) is 10.0. The van der Waals surface area contributed by atoms with Crippen LogP contribution in [0.5, 0.6) is 0 Å². The molecular formula is C24H28N2S. The number of anilines is 1. The van der Waals surface area contributed by atoms with Crippen LogP contribution in [0.15, 0.2) is 35.7 Å². The molecule has 1 heterocycles. The van der Waals surface area contributed by atoms with Gasteiger partial charge in [-0.05, 0) is 79.5 Å². The second kappa shape index (κ2) is 7.85. The highest BCUT2D eigenvalue weighted by Gasteiger charge is 2.12. The molecule has 3 heteroatoms. The Morgan fingerprint density at radius 1 is 0.926 bits per heavy atom. The molecule has 0 fully saturated rings. The van der Waals surface area contributed by atoms with Crippen LogP contribution in [-0.4, -0.2) is 4.98 Å². The minimum Gasteiger partial charge on any atom is -0.399 e. The van der Waals surface area contributed by atoms with Gasteiger partial charge in [-0.25, -0.2) is 4.98 Å². The third-order valence-corrected chi connectivity index (χ3v) is 6.68. The van der Waals surface area contributed by atoms with Gasteiger partial charge in [-0.3, -0.25) is 0 Å². The molecule has 2 N–H and O–H groups in total. The molecule has 0 unspecified atom stereocenters. The molecule has 0 bridgehead atoms. The molecule has 0 radical (unpaired) electrons. The summed E-state index contributed by atoms with van der Waals surface area (Å²) in [5, 5.41) is 3.34. The Kier molecular flexibility index (Phi) is 5.31. The summed E-state index contributed by atoms with van der Waals surface area (Å²) < 4.78 is 0. The molecule has 0 spiro atoms. The fourth-order valence-electron chi connectivity index (χ4n) is 4.02. The lowest BCUT2D eigenvalue weighted by Crippen LogP contribution is -2.00. The predicted molar refractivity (Wildman–Crippen MR) is 117 cm³/mol. The van der Waals surface area contributed by atoms with E-state index in [2.05, 4.69) is 49.6 Å². The molecule has 0 saturated heterocycles. The topological polar surface area (TPSA) is 38.9 Å². The summed E-state index contributed by atoms with van der Waals surface area (Å²) in [6, 6.07) is 11.3. The van der Waals surface area contributed by atoms with Crippen molar-refractivity contribution >= 4 is 17.0 Å². The lowest BCUT2D eigenvalue weighted by Gasteiger charge is -2.14. The molecule has 140 valence electrons. The number of hydrogen-bond acceptors (Lipinski definition) is 3. The van der Waals surface area contributed by atoms with Crippen LogP contribution < -0.4 is 5.73 Å². The Morgan fingerprint density at radius 2 is 1.70 bits per heavy atom. The zero-order chi connectivity index (χ0) is 18.8. The Morgan fingerprint density at radius 3 is 2.52 bits per heavy atom. The van der Waals surface area contributed by atoms with Crippen molar-refractivity contribution in [3.8, 4) is 10.6 Å². The smallest absolute Gasteiger partial charge is 0.123 e. The third kappa shape index (κ3) is 4.08. The van der Waals surface area contributed by atoms with E-state index in [1.807, 2.05) is 0 Å². The van der Waals surface area contributed by atoms with Gasteiger partial charge in [-0.2, -0.15) is 0 Å². The number of benzene rings is 2. The quantitative estimate of drug-likeness (QED) is 0.548. The molecular weight excluding hydrogens is 348 g/mol. The van der Waals surface area contributed by atoms with Crippen molar-refractivity contribution in [3.05, 3.63) is 69.2 Å². The monoisotopic (exact) mass is 376 g/mol. The Hall–Kier alpha value is -2.13. The Labute approximate surface area is 166 Å². The zero-order valence-corrected chi connectivity index (χ0v) is 17.2. The molecule has 4 rings (SSSR count). The maximum absolute atomic E-state index is 6.03. The number of nitrogen functional groups attached to an aromatic ring is 1. The molecule has 0 atom stereocenters. The summed E-state index contributed by atoms with van der Waals surface area (Å²) in [6.07, 6.45) is 8.70. The van der Waals surface area contributed by atoms with E-state index in [0.29, 0.717) is 0 Å². The molecule has 27 heavy (non-hydrogen) atoms. The molecule has 1 aliphatic rings. The van der Waals surface area contributed by atoms with Crippen LogP contribution in [0.1, 0.15) is 59.2 Å². The van der Waals surface area contributed by atoms with Crippen LogP contribution in [0, 0.1) is 13.8 Å². The predicted octanol–water partition coefficient (Wildman–Crippen LogP) is 6.26. The van der Waals surface area contributed by atoms with Gasteiger partial charge >= 0.3 is 0 Å². The van der Waals surface area contributed by atoms with Crippen molar-refractivity contribution in [3.63, 3.8) is 0 Å². The van der Waals surface area contributed by atoms with E-state index in [1.54, 1.807) is 16.9 Å². The summed E-state index contributed by atoms with van der Waals surface area (Å²) in [5.74, 6) is 0. The molecule has 0 saturated carbocycles. The van der Waals surface area contributed by atoms with E-state index >= 15 is 0 Å². The van der Waals surface area contributed by atoms with Crippen molar-refractivity contribution < 1.29 is 0 Å². The number of fused-ring (bicyclic) bond motifs is 1. The van der Waals surface area contributed by atoms with Crippen molar-refractivity contribution in [2.45, 2.75) is 58.8 Å². The van der Waals surface area contributed by atoms with Gasteiger partial charge in [0.1, 0.15) is 5.01 Å². The van der Waals surface area contributed by atoms with Crippen LogP contribution in [0.25, 0.3) is 10.6 Å². The summed E-state index contributed by atoms with van der Waals surface area (Å²) in [7, 11) is 0. The van der Waals surface area contributed by atoms with E-state index in [0.717, 1.165) is 28.4 Å². The largest absolute Gasteiger partial charge is 0.399 e. The minimum absolute atomic E-state index is 0.869. The van der Waals surface area contributed by atoms with Gasteiger partial charge in [0.05, 0.1) is 5.69 Å². The van der Waals surface area contributed by atoms with E-state index in [4.69, 9.17) is 10.7 Å². The number of aromatic nitrogens is 1. The van der Waals surface area contributed by atoms with E-state index in [-0.39, 0.29) is 0 Å². The fraction of sp³-hybridized carbons (Fsp3) is 0.375. The van der Waals surface area contributed by atoms with Gasteiger partial charge in [-0.15, -0.1) is 11.3 Å². The van der Waals surface area contributed by atoms with Crippen molar-refractivity contribution in [1.82, 2.24) is 4.98 Å². The maximum Gasteiger partial charge on any atom is 0.123 e. The summed E-state index contributed by atoms with van der Waals surface area (Å²) in [5.41, 5.74) is 16.1. The van der Waals surface area contributed by atoms with Crippen molar-refractivity contribution in [2.75, 3.05) is 5.73 Å². The van der Waals surface area contributed by atoms with Crippen molar-refractivity contribution in [2.24, 2.45) is 0 Å². The number of nitrogens with two attached hydrogens (primary N) is 1. The lowest BCUT2D eigenvalue weighted by molar-refractivity contribution is 0.617. The number of thiazole rings is 1. The lowest BCUT2D eigenvalue weighted by atomic mass is 9.92. The molecule has 2 nitrogen and oxygen atoms in total. The van der Waals surface area contributed by atoms with E-state index in [1.165, 1.54) is 60.8 Å². The van der Waals surface area contributed by atoms with Crippen LogP contribution in [0.4, 0.5) is 5.69 Å². The molecule has 2 aromatic carbocycles. The standard InChI is InChI=1S/C24H28N2S/c1-16-12-23(25)17(2)11-21(16)14-22-15-27-24(26-22)20-10-9-18-7-5-3-4-6-8-19(18)13-20/h9-13,15H,3-8,14,25H2,1-2H3.